The number of carbonyl (C=O) groups excluding carboxylic acids is 1. The van der Waals surface area contributed by atoms with Crippen molar-refractivity contribution in [3.05, 3.63) is 54.6 Å². The maximum absolute atomic E-state index is 12.8. The van der Waals surface area contributed by atoms with Crippen molar-refractivity contribution in [2.45, 2.75) is 61.2 Å². The largest absolute Gasteiger partial charge is 0.394 e. The van der Waals surface area contributed by atoms with Crippen molar-refractivity contribution < 1.29 is 33.3 Å². The molecule has 1 aromatic carbocycles. The Labute approximate surface area is 233 Å². The Morgan fingerprint density at radius 1 is 1.10 bits per heavy atom. The molecule has 2 fully saturated rings. The Morgan fingerprint density at radius 2 is 1.85 bits per heavy atom. The number of ether oxygens (including phenoxy) is 1. The van der Waals surface area contributed by atoms with E-state index in [1.807, 2.05) is 4.72 Å². The molecule has 216 valence electrons. The number of anilines is 1. The van der Waals surface area contributed by atoms with Gasteiger partial charge in [-0.25, -0.2) is 22.8 Å². The normalized spacial score (nSPS) is 23.3. The van der Waals surface area contributed by atoms with Gasteiger partial charge in [-0.1, -0.05) is 31.0 Å². The SMILES string of the molecule is O=C(NS(=O)(=O)c1ccccc1)c1cnn(-c2nc(NC3CCCC3)c3ncn([C@@H]4O[C@H](CO)[C@@H](O)[C@H]4O)c3n2)c1. The number of aromatic nitrogens is 6. The van der Waals surface area contributed by atoms with Crippen LogP contribution in [0.4, 0.5) is 5.82 Å². The van der Waals surface area contributed by atoms with E-state index >= 15 is 0 Å². The fourth-order valence-electron chi connectivity index (χ4n) is 5.06. The van der Waals surface area contributed by atoms with Gasteiger partial charge in [-0.3, -0.25) is 9.36 Å². The number of hydrogen-bond acceptors (Lipinski definition) is 12. The molecule has 4 atom stereocenters. The van der Waals surface area contributed by atoms with Gasteiger partial charge in [0.15, 0.2) is 23.2 Å². The first-order valence-electron chi connectivity index (χ1n) is 13.1. The standard InChI is InChI=1S/C25H28N8O7S/c34-12-17-19(35)20(36)24(40-17)32-13-26-18-21(28-15-6-4-5-7-15)29-25(30-22(18)32)33-11-14(10-27-33)23(37)31-41(38,39)16-8-2-1-3-9-16/h1-3,8-11,13,15,17,19-20,24,34-36H,4-7,12H2,(H,31,37)(H,28,29,30)/t17-,19-,20-,24-/m1/s1. The number of rotatable bonds is 8. The number of hydrogen-bond donors (Lipinski definition) is 5. The van der Waals surface area contributed by atoms with Gasteiger partial charge >= 0.3 is 0 Å². The summed E-state index contributed by atoms with van der Waals surface area (Å²) in [7, 11) is -4.10. The van der Waals surface area contributed by atoms with Crippen molar-refractivity contribution in [2.24, 2.45) is 0 Å². The molecule has 1 amide bonds. The van der Waals surface area contributed by atoms with Gasteiger partial charge in [-0.15, -0.1) is 0 Å². The molecule has 2 aliphatic rings. The van der Waals surface area contributed by atoms with E-state index in [0.717, 1.165) is 25.7 Å². The first kappa shape index (κ1) is 27.2. The van der Waals surface area contributed by atoms with Crippen LogP contribution in [0.25, 0.3) is 17.1 Å². The molecule has 0 spiro atoms. The highest BCUT2D eigenvalue weighted by atomic mass is 32.2. The summed E-state index contributed by atoms with van der Waals surface area (Å²) in [6, 6.07) is 7.66. The summed E-state index contributed by atoms with van der Waals surface area (Å²) >= 11 is 0. The van der Waals surface area contributed by atoms with E-state index < -0.39 is 47.1 Å². The number of benzene rings is 1. The third-order valence-corrected chi connectivity index (χ3v) is 8.57. The van der Waals surface area contributed by atoms with Gasteiger partial charge in [0.25, 0.3) is 21.9 Å². The molecular weight excluding hydrogens is 556 g/mol. The Morgan fingerprint density at radius 3 is 2.56 bits per heavy atom. The predicted molar refractivity (Wildman–Crippen MR) is 142 cm³/mol. The summed E-state index contributed by atoms with van der Waals surface area (Å²) < 4.78 is 35.6. The average molecular weight is 585 g/mol. The molecule has 4 aromatic rings. The van der Waals surface area contributed by atoms with Crippen LogP contribution in [0.3, 0.4) is 0 Å². The second-order valence-electron chi connectivity index (χ2n) is 9.97. The minimum atomic E-state index is -4.10. The van der Waals surface area contributed by atoms with Gasteiger partial charge in [0.2, 0.25) is 0 Å². The Bertz CT molecular complexity index is 1670. The fourth-order valence-corrected chi connectivity index (χ4v) is 6.05. The first-order chi connectivity index (χ1) is 19.7. The van der Waals surface area contributed by atoms with Crippen LogP contribution in [0.1, 0.15) is 42.3 Å². The van der Waals surface area contributed by atoms with E-state index in [1.165, 1.54) is 40.1 Å². The number of aliphatic hydroxyl groups is 3. The monoisotopic (exact) mass is 584 g/mol. The molecule has 4 heterocycles. The molecular formula is C25H28N8O7S. The van der Waals surface area contributed by atoms with Gasteiger partial charge in [-0.2, -0.15) is 15.1 Å². The molecule has 1 saturated carbocycles. The Balaban J connectivity index is 1.35. The fraction of sp³-hybridized carbons (Fsp3) is 0.400. The lowest BCUT2D eigenvalue weighted by Gasteiger charge is -2.18. The second-order valence-corrected chi connectivity index (χ2v) is 11.7. The molecule has 0 unspecified atom stereocenters. The lowest BCUT2D eigenvalue weighted by molar-refractivity contribution is -0.0511. The summed E-state index contributed by atoms with van der Waals surface area (Å²) in [4.78, 5) is 26.3. The molecule has 41 heavy (non-hydrogen) atoms. The quantitative estimate of drug-likeness (QED) is 0.187. The summed E-state index contributed by atoms with van der Waals surface area (Å²) in [5, 5.41) is 38.0. The van der Waals surface area contributed by atoms with Crippen molar-refractivity contribution >= 4 is 32.9 Å². The van der Waals surface area contributed by atoms with E-state index in [0.29, 0.717) is 11.3 Å². The zero-order valence-electron chi connectivity index (χ0n) is 21.6. The molecule has 0 radical (unpaired) electrons. The van der Waals surface area contributed by atoms with Crippen LogP contribution in [0.15, 0.2) is 53.9 Å². The number of aliphatic hydroxyl groups excluding tert-OH is 3. The zero-order chi connectivity index (χ0) is 28.7. The number of carbonyl (C=O) groups is 1. The lowest BCUT2D eigenvalue weighted by Crippen LogP contribution is -2.33. The van der Waals surface area contributed by atoms with E-state index in [1.54, 1.807) is 18.2 Å². The van der Waals surface area contributed by atoms with Crippen molar-refractivity contribution in [1.29, 1.82) is 0 Å². The van der Waals surface area contributed by atoms with E-state index in [4.69, 9.17) is 4.74 Å². The molecule has 16 heteroatoms. The van der Waals surface area contributed by atoms with E-state index in [-0.39, 0.29) is 28.1 Å². The molecule has 6 rings (SSSR count). The van der Waals surface area contributed by atoms with Crippen molar-refractivity contribution in [3.63, 3.8) is 0 Å². The third kappa shape index (κ3) is 5.15. The van der Waals surface area contributed by atoms with Crippen LogP contribution < -0.4 is 10.0 Å². The Hall–Kier alpha value is -3.96. The number of amides is 1. The first-order valence-corrected chi connectivity index (χ1v) is 14.5. The number of sulfonamides is 1. The lowest BCUT2D eigenvalue weighted by atomic mass is 10.1. The van der Waals surface area contributed by atoms with Crippen LogP contribution in [-0.2, 0) is 14.8 Å². The molecule has 1 aliphatic carbocycles. The van der Waals surface area contributed by atoms with E-state index in [9.17, 15) is 28.5 Å². The van der Waals surface area contributed by atoms with Gasteiger partial charge in [0, 0.05) is 12.2 Å². The van der Waals surface area contributed by atoms with Crippen LogP contribution >= 0.6 is 0 Å². The summed E-state index contributed by atoms with van der Waals surface area (Å²) in [5.41, 5.74) is 0.589. The van der Waals surface area contributed by atoms with Gasteiger partial charge in [0.05, 0.1) is 29.6 Å². The highest BCUT2D eigenvalue weighted by molar-refractivity contribution is 7.90. The van der Waals surface area contributed by atoms with Crippen LogP contribution in [0.5, 0.6) is 0 Å². The molecule has 1 saturated heterocycles. The molecule has 1 aliphatic heterocycles. The number of fused-ring (bicyclic) bond motifs is 1. The zero-order valence-corrected chi connectivity index (χ0v) is 22.4. The van der Waals surface area contributed by atoms with Crippen molar-refractivity contribution in [3.8, 4) is 5.95 Å². The molecule has 15 nitrogen and oxygen atoms in total. The van der Waals surface area contributed by atoms with E-state index in [2.05, 4.69) is 25.4 Å². The smallest absolute Gasteiger partial charge is 0.268 e. The highest BCUT2D eigenvalue weighted by Crippen LogP contribution is 2.33. The maximum atomic E-state index is 12.8. The Kier molecular flexibility index (Phi) is 7.16. The van der Waals surface area contributed by atoms with Crippen molar-refractivity contribution in [2.75, 3.05) is 11.9 Å². The van der Waals surface area contributed by atoms with Gasteiger partial charge in [0.1, 0.15) is 18.3 Å². The number of nitrogens with one attached hydrogen (secondary N) is 2. The highest BCUT2D eigenvalue weighted by Gasteiger charge is 2.44. The predicted octanol–water partition coefficient (Wildman–Crippen LogP) is 0.0967. The molecule has 5 N–H and O–H groups in total. The topological polar surface area (TPSA) is 207 Å². The molecule has 3 aromatic heterocycles. The van der Waals surface area contributed by atoms with Crippen molar-refractivity contribution in [1.82, 2.24) is 34.0 Å². The minimum Gasteiger partial charge on any atom is -0.394 e. The number of imidazole rings is 1. The number of nitrogens with zero attached hydrogens (tertiary/aromatic N) is 6. The summed E-state index contributed by atoms with van der Waals surface area (Å²) in [6.07, 6.45) is 3.15. The average Bonchev–Trinajstić information content (AvgIpc) is 3.77. The van der Waals surface area contributed by atoms with Gasteiger partial charge < -0.3 is 25.4 Å². The van der Waals surface area contributed by atoms with Crippen LogP contribution in [0.2, 0.25) is 0 Å². The van der Waals surface area contributed by atoms with Gasteiger partial charge in [-0.05, 0) is 25.0 Å². The van der Waals surface area contributed by atoms with Crippen LogP contribution in [-0.4, -0.2) is 89.9 Å². The molecule has 0 bridgehead atoms. The summed E-state index contributed by atoms with van der Waals surface area (Å²) in [5.74, 6) is -0.450. The maximum Gasteiger partial charge on any atom is 0.268 e. The third-order valence-electron chi connectivity index (χ3n) is 7.23. The van der Waals surface area contributed by atoms with Crippen LogP contribution in [0, 0.1) is 0 Å². The summed E-state index contributed by atoms with van der Waals surface area (Å²) in [6.45, 7) is -0.492. The second kappa shape index (κ2) is 10.8. The minimum absolute atomic E-state index is 0.0384.